The van der Waals surface area contributed by atoms with Crippen LogP contribution in [0.3, 0.4) is 0 Å². The Morgan fingerprint density at radius 3 is 1.56 bits per heavy atom. The van der Waals surface area contributed by atoms with Crippen LogP contribution in [-0.2, 0) is 10.8 Å². The van der Waals surface area contributed by atoms with Crippen LogP contribution >= 0.6 is 0 Å². The summed E-state index contributed by atoms with van der Waals surface area (Å²) >= 11 is 0. The summed E-state index contributed by atoms with van der Waals surface area (Å²) in [6.07, 6.45) is 0. The first-order valence-corrected chi connectivity index (χ1v) is 25.3. The average molecular weight is 927 g/mol. The van der Waals surface area contributed by atoms with Crippen molar-refractivity contribution in [2.75, 3.05) is 4.90 Å². The van der Waals surface area contributed by atoms with E-state index in [2.05, 4.69) is 294 Å². The summed E-state index contributed by atoms with van der Waals surface area (Å²) < 4.78 is 2.49. The Labute approximate surface area is 424 Å². The summed E-state index contributed by atoms with van der Waals surface area (Å²) in [4.78, 5) is 2.41. The smallest absolute Gasteiger partial charge is 0.0550 e. The van der Waals surface area contributed by atoms with E-state index in [-0.39, 0.29) is 10.8 Å². The Hall–Kier alpha value is -8.46. The summed E-state index contributed by atoms with van der Waals surface area (Å²) in [5, 5.41) is 7.53. The molecule has 0 fully saturated rings. The minimum Gasteiger partial charge on any atom is -0.310 e. The largest absolute Gasteiger partial charge is 0.310 e. The van der Waals surface area contributed by atoms with Crippen molar-refractivity contribution in [3.63, 3.8) is 0 Å². The maximum atomic E-state index is 2.49. The molecule has 12 rings (SSSR count). The minimum atomic E-state index is -0.0914. The van der Waals surface area contributed by atoms with Gasteiger partial charge >= 0.3 is 0 Å². The predicted octanol–water partition coefficient (Wildman–Crippen LogP) is 19.8. The molecule has 1 heterocycles. The molecule has 0 aliphatic heterocycles. The van der Waals surface area contributed by atoms with Gasteiger partial charge in [0.05, 0.1) is 11.0 Å². The topological polar surface area (TPSA) is 8.17 Å². The van der Waals surface area contributed by atoms with Crippen molar-refractivity contribution in [3.8, 4) is 50.2 Å². The first kappa shape index (κ1) is 44.7. The molecule has 2 nitrogen and oxygen atoms in total. The third-order valence-corrected chi connectivity index (χ3v) is 14.7. The molecule has 1 aromatic heterocycles. The number of hydrogen-bond donors (Lipinski definition) is 0. The Balaban J connectivity index is 0.995. The fraction of sp³-hybridized carbons (Fsp3) is 0.114. The highest BCUT2D eigenvalue weighted by Gasteiger charge is 2.25. The van der Waals surface area contributed by atoms with Gasteiger partial charge < -0.3 is 9.47 Å². The van der Waals surface area contributed by atoms with Crippen molar-refractivity contribution >= 4 is 60.4 Å². The monoisotopic (exact) mass is 926 g/mol. The van der Waals surface area contributed by atoms with Gasteiger partial charge in [-0.1, -0.05) is 211 Å². The number of para-hydroxylation sites is 1. The van der Waals surface area contributed by atoms with E-state index in [1.807, 2.05) is 0 Å². The van der Waals surface area contributed by atoms with Crippen LogP contribution in [0.4, 0.5) is 17.1 Å². The van der Waals surface area contributed by atoms with Crippen molar-refractivity contribution in [1.29, 1.82) is 0 Å². The van der Waals surface area contributed by atoms with Gasteiger partial charge in [0.1, 0.15) is 0 Å². The van der Waals surface area contributed by atoms with Gasteiger partial charge in [-0.2, -0.15) is 0 Å². The van der Waals surface area contributed by atoms with Gasteiger partial charge in [-0.3, -0.25) is 0 Å². The molecule has 0 radical (unpaired) electrons. The SMILES string of the molecule is CC(C)(C)c1ccc2c3c(-c4cccc(N(c5ccc(-c6ccc(-c7cccc8ccccc78)cc6)cc5)c5ccc(-c6ccc7ccccc7c6)cc5)c4)cc(C(C)(C)C)cc3n(-c3ccccc3)c2c1. The number of nitrogens with zero attached hydrogens (tertiary/aromatic N) is 2. The fourth-order valence-electron chi connectivity index (χ4n) is 10.7. The molecule has 0 bridgehead atoms. The summed E-state index contributed by atoms with van der Waals surface area (Å²) in [6, 6.07) is 89.8. The Morgan fingerprint density at radius 1 is 0.306 bits per heavy atom. The van der Waals surface area contributed by atoms with Crippen LogP contribution in [0.2, 0.25) is 0 Å². The van der Waals surface area contributed by atoms with Gasteiger partial charge in [-0.15, -0.1) is 0 Å². The molecule has 11 aromatic carbocycles. The average Bonchev–Trinajstić information content (AvgIpc) is 3.74. The maximum Gasteiger partial charge on any atom is 0.0550 e. The second kappa shape index (κ2) is 17.7. The number of rotatable bonds is 8. The fourth-order valence-corrected chi connectivity index (χ4v) is 10.7. The van der Waals surface area contributed by atoms with E-state index in [1.54, 1.807) is 0 Å². The number of fused-ring (bicyclic) bond motifs is 5. The van der Waals surface area contributed by atoms with E-state index in [0.29, 0.717) is 0 Å². The summed E-state index contributed by atoms with van der Waals surface area (Å²) in [7, 11) is 0. The molecule has 0 N–H and O–H groups in total. The first-order valence-electron chi connectivity index (χ1n) is 25.3. The number of aromatic nitrogens is 1. The van der Waals surface area contributed by atoms with Crippen LogP contribution in [0.5, 0.6) is 0 Å². The molecule has 0 atom stereocenters. The molecule has 2 heteroatoms. The zero-order chi connectivity index (χ0) is 49.1. The third-order valence-electron chi connectivity index (χ3n) is 14.7. The van der Waals surface area contributed by atoms with Crippen molar-refractivity contribution in [2.24, 2.45) is 0 Å². The molecule has 0 amide bonds. The highest BCUT2D eigenvalue weighted by molar-refractivity contribution is 6.16. The molecular weight excluding hydrogens is 869 g/mol. The molecule has 0 unspecified atom stereocenters. The highest BCUT2D eigenvalue weighted by atomic mass is 15.1. The minimum absolute atomic E-state index is 0.00203. The predicted molar refractivity (Wildman–Crippen MR) is 310 cm³/mol. The molecule has 0 saturated carbocycles. The van der Waals surface area contributed by atoms with Crippen molar-refractivity contribution in [3.05, 3.63) is 254 Å². The van der Waals surface area contributed by atoms with E-state index in [9.17, 15) is 0 Å². The van der Waals surface area contributed by atoms with Crippen molar-refractivity contribution in [2.45, 2.75) is 52.4 Å². The van der Waals surface area contributed by atoms with Crippen LogP contribution in [0.15, 0.2) is 243 Å². The normalized spacial score (nSPS) is 12.0. The number of anilines is 3. The van der Waals surface area contributed by atoms with E-state index in [4.69, 9.17) is 0 Å². The lowest BCUT2D eigenvalue weighted by Gasteiger charge is -2.27. The Morgan fingerprint density at radius 2 is 0.861 bits per heavy atom. The highest BCUT2D eigenvalue weighted by Crippen LogP contribution is 2.45. The Bertz CT molecular complexity index is 3950. The number of benzene rings is 11. The first-order chi connectivity index (χ1) is 34.9. The van der Waals surface area contributed by atoms with Crippen molar-refractivity contribution in [1.82, 2.24) is 4.57 Å². The van der Waals surface area contributed by atoms with E-state index in [0.717, 1.165) is 22.7 Å². The standard InChI is InChI=1S/C70H58N2/c1-69(2,3)56-36-41-64-66(45-56)72(58-21-8-7-9-22-58)67-46-57(70(4,5)6)44-65(68(64)67)55-20-14-23-61(43-55)71(60-39-34-50(35-40-60)54-31-28-47-16-10-11-18-53(47)42-54)59-37-32-49(33-38-59)48-26-29-52(30-27-48)63-25-15-19-51-17-12-13-24-62(51)63/h7-46H,1-6H3. The van der Waals surface area contributed by atoms with Gasteiger partial charge in [0, 0.05) is 33.5 Å². The molecule has 72 heavy (non-hydrogen) atoms. The molecule has 0 saturated heterocycles. The molecule has 12 aromatic rings. The Kier molecular flexibility index (Phi) is 11.0. The second-order valence-corrected chi connectivity index (χ2v) is 21.5. The molecule has 0 aliphatic carbocycles. The van der Waals surface area contributed by atoms with Crippen molar-refractivity contribution < 1.29 is 0 Å². The van der Waals surface area contributed by atoms with Gasteiger partial charge in [-0.25, -0.2) is 0 Å². The van der Waals surface area contributed by atoms with E-state index < -0.39 is 0 Å². The van der Waals surface area contributed by atoms with Crippen LogP contribution in [0.25, 0.3) is 93.5 Å². The lowest BCUT2D eigenvalue weighted by Crippen LogP contribution is -2.12. The van der Waals surface area contributed by atoms with Crippen LogP contribution in [0, 0.1) is 0 Å². The summed E-state index contributed by atoms with van der Waals surface area (Å²) in [5.41, 5.74) is 19.0. The van der Waals surface area contributed by atoms with Crippen LogP contribution in [0.1, 0.15) is 52.7 Å². The summed E-state index contributed by atoms with van der Waals surface area (Å²) in [6.45, 7) is 13.9. The third kappa shape index (κ3) is 8.23. The second-order valence-electron chi connectivity index (χ2n) is 21.5. The van der Waals surface area contributed by atoms with Gasteiger partial charge in [-0.05, 0) is 161 Å². The van der Waals surface area contributed by atoms with Crippen LogP contribution < -0.4 is 4.90 Å². The molecule has 0 spiro atoms. The lowest BCUT2D eigenvalue weighted by molar-refractivity contribution is 0.591. The summed E-state index contributed by atoms with van der Waals surface area (Å²) in [5.74, 6) is 0. The van der Waals surface area contributed by atoms with Gasteiger partial charge in [0.25, 0.3) is 0 Å². The van der Waals surface area contributed by atoms with Gasteiger partial charge in [0.2, 0.25) is 0 Å². The maximum absolute atomic E-state index is 2.49. The van der Waals surface area contributed by atoms with Gasteiger partial charge in [0.15, 0.2) is 0 Å². The molecular formula is C70H58N2. The van der Waals surface area contributed by atoms with Crippen LogP contribution in [-0.4, -0.2) is 4.57 Å². The number of hydrogen-bond acceptors (Lipinski definition) is 1. The zero-order valence-corrected chi connectivity index (χ0v) is 42.0. The quantitative estimate of drug-likeness (QED) is 0.147. The molecule has 348 valence electrons. The van der Waals surface area contributed by atoms with E-state index >= 15 is 0 Å². The molecule has 0 aliphatic rings. The lowest BCUT2D eigenvalue weighted by atomic mass is 9.83. The zero-order valence-electron chi connectivity index (χ0n) is 42.0. The van der Waals surface area contributed by atoms with E-state index in [1.165, 1.54) is 99.0 Å².